The van der Waals surface area contributed by atoms with Crippen molar-refractivity contribution in [3.63, 3.8) is 0 Å². The molecule has 2 nitrogen and oxygen atoms in total. The molecule has 82 valence electrons. The van der Waals surface area contributed by atoms with Gasteiger partial charge in [0.15, 0.2) is 0 Å². The van der Waals surface area contributed by atoms with Crippen molar-refractivity contribution in [3.05, 3.63) is 0 Å². The molecule has 0 bridgehead atoms. The molecule has 1 saturated carbocycles. The van der Waals surface area contributed by atoms with E-state index >= 15 is 0 Å². The largest absolute Gasteiger partial charge is 0.316 e. The second kappa shape index (κ2) is 5.38. The first-order valence-corrected chi connectivity index (χ1v) is 6.94. The average molecular weight is 214 g/mol. The zero-order valence-electron chi connectivity index (χ0n) is 9.17. The molecule has 0 spiro atoms. The summed E-state index contributed by atoms with van der Waals surface area (Å²) in [7, 11) is 2.09. The van der Waals surface area contributed by atoms with Crippen molar-refractivity contribution in [3.8, 4) is 0 Å². The highest BCUT2D eigenvalue weighted by Gasteiger charge is 2.22. The number of hydrogen-bond acceptors (Lipinski definition) is 3. The number of piperidine rings is 1. The number of rotatable bonds is 5. The Morgan fingerprint density at radius 3 is 2.93 bits per heavy atom. The molecule has 2 aliphatic rings. The fraction of sp³-hybridized carbons (Fsp3) is 1.00. The normalized spacial score (nSPS) is 29.4. The van der Waals surface area contributed by atoms with Crippen LogP contribution in [-0.4, -0.2) is 48.6 Å². The molecular formula is C11H22N2S. The van der Waals surface area contributed by atoms with Crippen LogP contribution < -0.4 is 5.32 Å². The van der Waals surface area contributed by atoms with Gasteiger partial charge in [-0.05, 0) is 39.3 Å². The average Bonchev–Trinajstić information content (AvgIpc) is 3.02. The summed E-state index contributed by atoms with van der Waals surface area (Å²) in [6.45, 7) is 3.89. The van der Waals surface area contributed by atoms with Crippen LogP contribution in [0.4, 0.5) is 0 Å². The molecule has 2 rings (SSSR count). The lowest BCUT2D eigenvalue weighted by molar-refractivity contribution is 0.206. The number of likely N-dealkylation sites (tertiary alicyclic amines) is 1. The zero-order valence-corrected chi connectivity index (χ0v) is 9.98. The Morgan fingerprint density at radius 2 is 2.21 bits per heavy atom. The third-order valence-electron chi connectivity index (χ3n) is 3.20. The lowest BCUT2D eigenvalue weighted by atomic mass is 10.1. The van der Waals surface area contributed by atoms with Crippen LogP contribution in [-0.2, 0) is 0 Å². The molecule has 1 aliphatic heterocycles. The van der Waals surface area contributed by atoms with Crippen LogP contribution in [0.2, 0.25) is 0 Å². The molecule has 0 aromatic heterocycles. The van der Waals surface area contributed by atoms with E-state index in [9.17, 15) is 0 Å². The molecule has 1 heterocycles. The first kappa shape index (κ1) is 10.8. The predicted molar refractivity (Wildman–Crippen MR) is 64.0 cm³/mol. The summed E-state index contributed by atoms with van der Waals surface area (Å²) in [5.41, 5.74) is 0. The Hall–Kier alpha value is 0.270. The van der Waals surface area contributed by atoms with E-state index in [1.54, 1.807) is 0 Å². The molecular weight excluding hydrogens is 192 g/mol. The predicted octanol–water partition coefficient (Wildman–Crippen LogP) is 1.57. The van der Waals surface area contributed by atoms with Crippen LogP contribution >= 0.6 is 11.8 Å². The number of thioether (sulfide) groups is 1. The molecule has 2 fully saturated rings. The van der Waals surface area contributed by atoms with Gasteiger partial charge < -0.3 is 10.2 Å². The van der Waals surface area contributed by atoms with E-state index in [0.29, 0.717) is 0 Å². The maximum atomic E-state index is 3.40. The Balaban J connectivity index is 1.58. The van der Waals surface area contributed by atoms with E-state index in [2.05, 4.69) is 29.0 Å². The van der Waals surface area contributed by atoms with Crippen molar-refractivity contribution < 1.29 is 0 Å². The summed E-state index contributed by atoms with van der Waals surface area (Å²) in [4.78, 5) is 2.63. The SMILES string of the molecule is CNC1CCCN(CCSC2CC2)C1. The van der Waals surface area contributed by atoms with Crippen LogP contribution in [0.3, 0.4) is 0 Å². The van der Waals surface area contributed by atoms with Gasteiger partial charge in [-0.2, -0.15) is 11.8 Å². The van der Waals surface area contributed by atoms with Crippen LogP contribution in [0.25, 0.3) is 0 Å². The molecule has 3 heteroatoms. The topological polar surface area (TPSA) is 15.3 Å². The first-order valence-electron chi connectivity index (χ1n) is 5.89. The summed E-state index contributed by atoms with van der Waals surface area (Å²) in [5.74, 6) is 1.35. The minimum absolute atomic E-state index is 0.745. The van der Waals surface area contributed by atoms with Crippen molar-refractivity contribution in [2.45, 2.75) is 37.0 Å². The monoisotopic (exact) mass is 214 g/mol. The second-order valence-electron chi connectivity index (χ2n) is 4.50. The molecule has 0 aromatic rings. The van der Waals surface area contributed by atoms with Crippen LogP contribution in [0, 0.1) is 0 Å². The summed E-state index contributed by atoms with van der Waals surface area (Å²) in [5, 5.41) is 4.42. The van der Waals surface area contributed by atoms with Gasteiger partial charge in [0, 0.05) is 30.1 Å². The highest BCUT2D eigenvalue weighted by atomic mass is 32.2. The van der Waals surface area contributed by atoms with E-state index in [4.69, 9.17) is 0 Å². The molecule has 1 N–H and O–H groups in total. The standard InChI is InChI=1S/C11H22N2S/c1-12-10-3-2-6-13(9-10)7-8-14-11-4-5-11/h10-12H,2-9H2,1H3. The number of nitrogens with one attached hydrogen (secondary N) is 1. The fourth-order valence-electron chi connectivity index (χ4n) is 2.08. The summed E-state index contributed by atoms with van der Waals surface area (Å²) >= 11 is 2.18. The Labute approximate surface area is 91.8 Å². The van der Waals surface area contributed by atoms with Crippen molar-refractivity contribution in [2.24, 2.45) is 0 Å². The van der Waals surface area contributed by atoms with Crippen LogP contribution in [0.15, 0.2) is 0 Å². The molecule has 1 saturated heterocycles. The maximum absolute atomic E-state index is 3.40. The van der Waals surface area contributed by atoms with Gasteiger partial charge in [-0.1, -0.05) is 0 Å². The van der Waals surface area contributed by atoms with E-state index in [-0.39, 0.29) is 0 Å². The van der Waals surface area contributed by atoms with Crippen molar-refractivity contribution in [2.75, 3.05) is 32.4 Å². The molecule has 0 amide bonds. The van der Waals surface area contributed by atoms with Crippen LogP contribution in [0.1, 0.15) is 25.7 Å². The zero-order chi connectivity index (χ0) is 9.80. The van der Waals surface area contributed by atoms with Crippen molar-refractivity contribution in [1.82, 2.24) is 10.2 Å². The van der Waals surface area contributed by atoms with Gasteiger partial charge in [0.25, 0.3) is 0 Å². The summed E-state index contributed by atoms with van der Waals surface area (Å²) in [6, 6.07) is 0.745. The molecule has 0 aromatic carbocycles. The molecule has 1 unspecified atom stereocenters. The van der Waals surface area contributed by atoms with E-state index in [1.807, 2.05) is 0 Å². The van der Waals surface area contributed by atoms with Gasteiger partial charge >= 0.3 is 0 Å². The van der Waals surface area contributed by atoms with E-state index < -0.39 is 0 Å². The molecule has 1 atom stereocenters. The molecule has 0 radical (unpaired) electrons. The van der Waals surface area contributed by atoms with Gasteiger partial charge in [-0.15, -0.1) is 0 Å². The molecule has 14 heavy (non-hydrogen) atoms. The second-order valence-corrected chi connectivity index (χ2v) is 5.91. The van der Waals surface area contributed by atoms with Gasteiger partial charge in [-0.3, -0.25) is 0 Å². The smallest absolute Gasteiger partial charge is 0.0192 e. The van der Waals surface area contributed by atoms with Gasteiger partial charge in [0.1, 0.15) is 0 Å². The Morgan fingerprint density at radius 1 is 1.36 bits per heavy atom. The lowest BCUT2D eigenvalue weighted by Crippen LogP contribution is -2.45. The quantitative estimate of drug-likeness (QED) is 0.748. The number of likely N-dealkylation sites (N-methyl/N-ethyl adjacent to an activating group) is 1. The lowest BCUT2D eigenvalue weighted by Gasteiger charge is -2.32. The molecule has 1 aliphatic carbocycles. The Bertz CT molecular complexity index is 171. The van der Waals surface area contributed by atoms with E-state index in [0.717, 1.165) is 11.3 Å². The highest BCUT2D eigenvalue weighted by Crippen LogP contribution is 2.33. The van der Waals surface area contributed by atoms with Crippen LogP contribution in [0.5, 0.6) is 0 Å². The highest BCUT2D eigenvalue weighted by molar-refractivity contribution is 8.00. The van der Waals surface area contributed by atoms with Gasteiger partial charge in [-0.25, -0.2) is 0 Å². The maximum Gasteiger partial charge on any atom is 0.0192 e. The third-order valence-corrected chi connectivity index (χ3v) is 4.56. The summed E-state index contributed by atoms with van der Waals surface area (Å²) < 4.78 is 0. The first-order chi connectivity index (χ1) is 6.88. The number of hydrogen-bond donors (Lipinski definition) is 1. The Kier molecular flexibility index (Phi) is 4.14. The summed E-state index contributed by atoms with van der Waals surface area (Å²) in [6.07, 6.45) is 5.69. The van der Waals surface area contributed by atoms with Gasteiger partial charge in [0.2, 0.25) is 0 Å². The fourth-order valence-corrected chi connectivity index (χ4v) is 3.24. The minimum Gasteiger partial charge on any atom is -0.316 e. The minimum atomic E-state index is 0.745. The van der Waals surface area contributed by atoms with E-state index in [1.165, 1.54) is 51.1 Å². The van der Waals surface area contributed by atoms with Crippen molar-refractivity contribution in [1.29, 1.82) is 0 Å². The van der Waals surface area contributed by atoms with Crippen molar-refractivity contribution >= 4 is 11.8 Å². The third kappa shape index (κ3) is 3.44. The number of nitrogens with zero attached hydrogens (tertiary/aromatic N) is 1. The van der Waals surface area contributed by atoms with Gasteiger partial charge in [0.05, 0.1) is 0 Å².